The van der Waals surface area contributed by atoms with Crippen LogP contribution in [-0.4, -0.2) is 23.2 Å². The summed E-state index contributed by atoms with van der Waals surface area (Å²) in [6, 6.07) is 18.6. The van der Waals surface area contributed by atoms with Gasteiger partial charge < -0.3 is 9.84 Å². The second-order valence-electron chi connectivity index (χ2n) is 6.56. The van der Waals surface area contributed by atoms with Gasteiger partial charge in [-0.25, -0.2) is 0 Å². The predicted octanol–water partition coefficient (Wildman–Crippen LogP) is 3.02. The molecule has 2 aromatic carbocycles. The number of rotatable bonds is 5. The first kappa shape index (κ1) is 16.0. The van der Waals surface area contributed by atoms with Crippen LogP contribution >= 0.6 is 0 Å². The molecule has 5 nitrogen and oxygen atoms in total. The number of aryl methyl sites for hydroxylation is 1. The molecule has 1 fully saturated rings. The molecular formula is C20H22N4O. The molecule has 2 N–H and O–H groups in total. The predicted molar refractivity (Wildman–Crippen MR) is 96.9 cm³/mol. The van der Waals surface area contributed by atoms with Crippen molar-refractivity contribution in [3.8, 4) is 11.4 Å². The molecule has 25 heavy (non-hydrogen) atoms. The molecule has 0 bridgehead atoms. The van der Waals surface area contributed by atoms with Crippen molar-refractivity contribution >= 4 is 0 Å². The van der Waals surface area contributed by atoms with Crippen molar-refractivity contribution in [2.45, 2.75) is 25.4 Å². The number of nitrogens with zero attached hydrogens (tertiary/aromatic N) is 2. The van der Waals surface area contributed by atoms with E-state index in [0.29, 0.717) is 18.3 Å². The van der Waals surface area contributed by atoms with Crippen molar-refractivity contribution in [1.82, 2.24) is 20.8 Å². The molecule has 2 heterocycles. The Labute approximate surface area is 147 Å². The first-order valence-corrected chi connectivity index (χ1v) is 8.67. The molecule has 128 valence electrons. The first-order chi connectivity index (χ1) is 12.3. The highest BCUT2D eigenvalue weighted by Gasteiger charge is 2.35. The molecule has 1 aromatic heterocycles. The van der Waals surface area contributed by atoms with Gasteiger partial charge in [-0.05, 0) is 31.0 Å². The Bertz CT molecular complexity index is 838. The van der Waals surface area contributed by atoms with Crippen LogP contribution in [0.25, 0.3) is 11.4 Å². The zero-order chi connectivity index (χ0) is 17.1. The van der Waals surface area contributed by atoms with E-state index in [0.717, 1.165) is 30.6 Å². The van der Waals surface area contributed by atoms with Crippen LogP contribution < -0.4 is 10.6 Å². The van der Waals surface area contributed by atoms with Crippen LogP contribution in [0.4, 0.5) is 0 Å². The Morgan fingerprint density at radius 3 is 2.68 bits per heavy atom. The van der Waals surface area contributed by atoms with Gasteiger partial charge in [0.15, 0.2) is 0 Å². The summed E-state index contributed by atoms with van der Waals surface area (Å²) in [5.41, 5.74) is 3.36. The van der Waals surface area contributed by atoms with Gasteiger partial charge in [0.2, 0.25) is 11.7 Å². The molecule has 5 heteroatoms. The van der Waals surface area contributed by atoms with Gasteiger partial charge in [-0.15, -0.1) is 0 Å². The molecule has 1 unspecified atom stereocenters. The molecule has 1 atom stereocenters. The fraction of sp³-hybridized carbons (Fsp3) is 0.300. The minimum atomic E-state index is -0.0848. The third-order valence-corrected chi connectivity index (χ3v) is 4.91. The van der Waals surface area contributed by atoms with Crippen molar-refractivity contribution in [2.75, 3.05) is 13.1 Å². The van der Waals surface area contributed by atoms with E-state index in [-0.39, 0.29) is 5.54 Å². The molecule has 0 radical (unpaired) electrons. The number of hydrogen-bond acceptors (Lipinski definition) is 5. The molecule has 1 aliphatic heterocycles. The van der Waals surface area contributed by atoms with Crippen molar-refractivity contribution < 1.29 is 4.52 Å². The second kappa shape index (κ2) is 6.78. The van der Waals surface area contributed by atoms with E-state index in [1.54, 1.807) is 0 Å². The zero-order valence-electron chi connectivity index (χ0n) is 14.3. The zero-order valence-corrected chi connectivity index (χ0v) is 14.3. The van der Waals surface area contributed by atoms with Gasteiger partial charge in [0.25, 0.3) is 0 Å². The lowest BCUT2D eigenvalue weighted by atomic mass is 9.89. The Morgan fingerprint density at radius 1 is 1.12 bits per heavy atom. The van der Waals surface area contributed by atoms with Gasteiger partial charge in [0.05, 0.1) is 12.1 Å². The molecule has 0 aliphatic carbocycles. The van der Waals surface area contributed by atoms with Crippen LogP contribution in [-0.2, 0) is 12.1 Å². The first-order valence-electron chi connectivity index (χ1n) is 8.67. The Kier molecular flexibility index (Phi) is 4.34. The fourth-order valence-corrected chi connectivity index (χ4v) is 3.45. The molecule has 4 rings (SSSR count). The average Bonchev–Trinajstić information content (AvgIpc) is 3.32. The fourth-order valence-electron chi connectivity index (χ4n) is 3.45. The van der Waals surface area contributed by atoms with Gasteiger partial charge >= 0.3 is 0 Å². The van der Waals surface area contributed by atoms with Crippen molar-refractivity contribution in [3.63, 3.8) is 0 Å². The molecule has 1 saturated heterocycles. The summed E-state index contributed by atoms with van der Waals surface area (Å²) < 4.78 is 5.47. The van der Waals surface area contributed by atoms with Crippen LogP contribution in [0.3, 0.4) is 0 Å². The van der Waals surface area contributed by atoms with E-state index < -0.39 is 0 Å². The summed E-state index contributed by atoms with van der Waals surface area (Å²) in [5.74, 6) is 1.26. The summed E-state index contributed by atoms with van der Waals surface area (Å²) in [4.78, 5) is 4.57. The Hall–Kier alpha value is -2.50. The quantitative estimate of drug-likeness (QED) is 0.751. The lowest BCUT2D eigenvalue weighted by molar-refractivity contribution is 0.311. The normalized spacial score (nSPS) is 20.0. The molecule has 0 saturated carbocycles. The highest BCUT2D eigenvalue weighted by molar-refractivity contribution is 5.58. The van der Waals surface area contributed by atoms with Gasteiger partial charge in [-0.1, -0.05) is 59.8 Å². The lowest BCUT2D eigenvalue weighted by Gasteiger charge is -2.29. The topological polar surface area (TPSA) is 63.0 Å². The van der Waals surface area contributed by atoms with Crippen molar-refractivity contribution in [1.29, 1.82) is 0 Å². The third kappa shape index (κ3) is 3.21. The monoisotopic (exact) mass is 334 g/mol. The molecule has 1 aliphatic rings. The van der Waals surface area contributed by atoms with E-state index >= 15 is 0 Å². The number of nitrogens with one attached hydrogen (secondary N) is 2. The molecule has 0 amide bonds. The maximum Gasteiger partial charge on any atom is 0.240 e. The van der Waals surface area contributed by atoms with E-state index in [4.69, 9.17) is 4.52 Å². The summed E-state index contributed by atoms with van der Waals surface area (Å²) in [5, 5.41) is 11.3. The maximum atomic E-state index is 5.47. The van der Waals surface area contributed by atoms with Gasteiger partial charge in [-0.3, -0.25) is 5.32 Å². The van der Waals surface area contributed by atoms with E-state index in [9.17, 15) is 0 Å². The van der Waals surface area contributed by atoms with Crippen molar-refractivity contribution in [2.24, 2.45) is 0 Å². The average molecular weight is 334 g/mol. The smallest absolute Gasteiger partial charge is 0.240 e. The minimum Gasteiger partial charge on any atom is -0.338 e. The van der Waals surface area contributed by atoms with E-state index in [1.165, 1.54) is 5.56 Å². The van der Waals surface area contributed by atoms with Gasteiger partial charge in [-0.2, -0.15) is 4.98 Å². The summed E-state index contributed by atoms with van der Waals surface area (Å²) in [7, 11) is 0. The Balaban J connectivity index is 1.52. The van der Waals surface area contributed by atoms with E-state index in [1.807, 2.05) is 24.3 Å². The van der Waals surface area contributed by atoms with Crippen LogP contribution in [0.5, 0.6) is 0 Å². The van der Waals surface area contributed by atoms with Crippen LogP contribution in [0.1, 0.15) is 23.4 Å². The molecular weight excluding hydrogens is 312 g/mol. The van der Waals surface area contributed by atoms with Gasteiger partial charge in [0.1, 0.15) is 0 Å². The second-order valence-corrected chi connectivity index (χ2v) is 6.56. The van der Waals surface area contributed by atoms with Crippen LogP contribution in [0.15, 0.2) is 59.1 Å². The summed E-state index contributed by atoms with van der Waals surface area (Å²) in [6.45, 7) is 4.50. The minimum absolute atomic E-state index is 0.0848. The largest absolute Gasteiger partial charge is 0.338 e. The lowest BCUT2D eigenvalue weighted by Crippen LogP contribution is -2.43. The summed E-state index contributed by atoms with van der Waals surface area (Å²) >= 11 is 0. The molecule has 0 spiro atoms. The number of benzene rings is 2. The van der Waals surface area contributed by atoms with E-state index in [2.05, 4.69) is 58.0 Å². The number of hydrogen-bond donors (Lipinski definition) is 2. The highest BCUT2D eigenvalue weighted by atomic mass is 16.5. The summed E-state index contributed by atoms with van der Waals surface area (Å²) in [6.07, 6.45) is 1.04. The van der Waals surface area contributed by atoms with Gasteiger partial charge in [0, 0.05) is 12.1 Å². The van der Waals surface area contributed by atoms with Crippen LogP contribution in [0.2, 0.25) is 0 Å². The third-order valence-electron chi connectivity index (χ3n) is 4.91. The Morgan fingerprint density at radius 2 is 1.92 bits per heavy atom. The highest BCUT2D eigenvalue weighted by Crippen LogP contribution is 2.28. The molecule has 3 aromatic rings. The van der Waals surface area contributed by atoms with Crippen molar-refractivity contribution in [3.05, 3.63) is 71.6 Å². The SMILES string of the molecule is Cc1ccccc1-c1noc(CNC2(c3ccccc3)CCNC2)n1. The maximum absolute atomic E-state index is 5.47. The standard InChI is InChI=1S/C20H22N4O/c1-15-7-5-6-10-17(15)19-23-18(25-24-19)13-22-20(11-12-21-14-20)16-8-3-2-4-9-16/h2-10,21-22H,11-14H2,1H3. The number of aromatic nitrogens is 2. The van der Waals surface area contributed by atoms with Crippen LogP contribution in [0, 0.1) is 6.92 Å².